The molecule has 0 spiro atoms. The fourth-order valence-corrected chi connectivity index (χ4v) is 1.47. The second kappa shape index (κ2) is 6.30. The Morgan fingerprint density at radius 1 is 1.33 bits per heavy atom. The minimum atomic E-state index is -3.59. The molecule has 0 unspecified atom stereocenters. The molecule has 0 aromatic heterocycles. The summed E-state index contributed by atoms with van der Waals surface area (Å²) in [7, 11) is -3.59. The molecule has 0 heterocycles. The average Bonchev–Trinajstić information content (AvgIpc) is 2.14. The second-order valence-corrected chi connectivity index (χ2v) is 4.30. The van der Waals surface area contributed by atoms with E-state index in [4.69, 9.17) is 5.14 Å². The third kappa shape index (κ3) is 4.81. The fourth-order valence-electron chi connectivity index (χ4n) is 0.952. The van der Waals surface area contributed by atoms with Crippen molar-refractivity contribution < 1.29 is 8.42 Å². The average molecular weight is 236 g/mol. The van der Waals surface area contributed by atoms with E-state index in [0.29, 0.717) is 6.54 Å². The van der Waals surface area contributed by atoms with Gasteiger partial charge in [-0.15, -0.1) is 6.58 Å². The summed E-state index contributed by atoms with van der Waals surface area (Å²) in [6.45, 7) is 4.19. The topological polar surface area (TPSA) is 72.2 Å². The van der Waals surface area contributed by atoms with Crippen molar-refractivity contribution in [2.24, 2.45) is 5.14 Å². The first-order chi connectivity index (χ1) is 6.54. The third-order valence-electron chi connectivity index (χ3n) is 1.63. The number of hydrogen-bond donors (Lipinski definition) is 2. The zero-order valence-corrected chi connectivity index (χ0v) is 8.42. The summed E-state index contributed by atoms with van der Waals surface area (Å²) < 4.78 is 21.8. The number of sulfonamides is 1. The van der Waals surface area contributed by atoms with E-state index in [-0.39, 0.29) is 34.5 Å². The van der Waals surface area contributed by atoms with Crippen molar-refractivity contribution in [2.75, 3.05) is 11.9 Å². The molecular formula is C9H13N2NaO2S. The Balaban J connectivity index is 0.00000196. The first kappa shape index (κ1) is 14.7. The van der Waals surface area contributed by atoms with Gasteiger partial charge in [-0.3, -0.25) is 0 Å². The third-order valence-corrected chi connectivity index (χ3v) is 2.56. The van der Waals surface area contributed by atoms with Gasteiger partial charge in [0.15, 0.2) is 0 Å². The van der Waals surface area contributed by atoms with Crippen molar-refractivity contribution in [3.8, 4) is 0 Å². The van der Waals surface area contributed by atoms with Gasteiger partial charge in [-0.25, -0.2) is 13.6 Å². The van der Waals surface area contributed by atoms with E-state index in [0.717, 1.165) is 5.69 Å². The van der Waals surface area contributed by atoms with E-state index < -0.39 is 10.0 Å². The maximum absolute atomic E-state index is 10.9. The number of hydrogen-bond acceptors (Lipinski definition) is 3. The first-order valence-electron chi connectivity index (χ1n) is 4.01. The molecule has 6 heteroatoms. The van der Waals surface area contributed by atoms with E-state index in [1.54, 1.807) is 18.2 Å². The van der Waals surface area contributed by atoms with E-state index >= 15 is 0 Å². The predicted octanol–water partition coefficient (Wildman–Crippen LogP) is 0.283. The molecule has 0 atom stereocenters. The number of benzene rings is 1. The van der Waals surface area contributed by atoms with Crippen LogP contribution in [0.3, 0.4) is 0 Å². The Kier molecular flexibility index (Phi) is 6.16. The number of nitrogens with two attached hydrogens (primary N) is 1. The first-order valence-corrected chi connectivity index (χ1v) is 5.56. The van der Waals surface area contributed by atoms with E-state index in [1.165, 1.54) is 12.1 Å². The van der Waals surface area contributed by atoms with E-state index in [9.17, 15) is 8.42 Å². The van der Waals surface area contributed by atoms with Gasteiger partial charge in [0.2, 0.25) is 10.0 Å². The molecule has 4 nitrogen and oxygen atoms in total. The van der Waals surface area contributed by atoms with Gasteiger partial charge in [0, 0.05) is 12.2 Å². The van der Waals surface area contributed by atoms with Crippen LogP contribution in [0.2, 0.25) is 0 Å². The molecule has 0 bridgehead atoms. The van der Waals surface area contributed by atoms with Crippen LogP contribution in [0.1, 0.15) is 0 Å². The number of nitrogens with one attached hydrogen (secondary N) is 1. The molecule has 0 aliphatic heterocycles. The molecule has 1 rings (SSSR count). The molecular weight excluding hydrogens is 223 g/mol. The molecule has 0 aliphatic rings. The molecule has 0 amide bonds. The predicted molar refractivity (Wildman–Crippen MR) is 63.7 cm³/mol. The van der Waals surface area contributed by atoms with Crippen LogP contribution in [0.5, 0.6) is 0 Å². The van der Waals surface area contributed by atoms with Gasteiger partial charge in [-0.1, -0.05) is 6.08 Å². The Labute approximate surface area is 112 Å². The van der Waals surface area contributed by atoms with Crippen LogP contribution >= 0.6 is 0 Å². The maximum atomic E-state index is 10.9. The van der Waals surface area contributed by atoms with Crippen molar-refractivity contribution >= 4 is 45.3 Å². The van der Waals surface area contributed by atoms with Crippen molar-refractivity contribution in [2.45, 2.75) is 4.90 Å². The molecule has 0 aliphatic carbocycles. The summed E-state index contributed by atoms with van der Waals surface area (Å²) in [4.78, 5) is 0.113. The Morgan fingerprint density at radius 2 is 1.87 bits per heavy atom. The van der Waals surface area contributed by atoms with Crippen LogP contribution < -0.4 is 10.5 Å². The summed E-state index contributed by atoms with van der Waals surface area (Å²) in [5.41, 5.74) is 0.831. The monoisotopic (exact) mass is 236 g/mol. The van der Waals surface area contributed by atoms with Crippen LogP contribution in [0.25, 0.3) is 0 Å². The summed E-state index contributed by atoms with van der Waals surface area (Å²) in [5.74, 6) is 0. The molecule has 0 fully saturated rings. The number of anilines is 1. The fraction of sp³-hybridized carbons (Fsp3) is 0.111. The van der Waals surface area contributed by atoms with Gasteiger partial charge in [0.05, 0.1) is 4.90 Å². The Bertz CT molecular complexity index is 414. The van der Waals surface area contributed by atoms with Crippen LogP contribution in [0, 0.1) is 0 Å². The van der Waals surface area contributed by atoms with Crippen LogP contribution in [0.4, 0.5) is 5.69 Å². The van der Waals surface area contributed by atoms with Gasteiger partial charge >= 0.3 is 29.6 Å². The zero-order valence-electron chi connectivity index (χ0n) is 7.60. The van der Waals surface area contributed by atoms with Gasteiger partial charge in [-0.2, -0.15) is 0 Å². The minimum absolute atomic E-state index is 0. The van der Waals surface area contributed by atoms with Crippen molar-refractivity contribution in [1.82, 2.24) is 0 Å². The van der Waals surface area contributed by atoms with Gasteiger partial charge in [0.1, 0.15) is 0 Å². The zero-order chi connectivity index (χ0) is 10.6. The molecule has 15 heavy (non-hydrogen) atoms. The quantitative estimate of drug-likeness (QED) is 0.582. The molecule has 3 N–H and O–H groups in total. The SMILES string of the molecule is C=CCNc1ccc(S(N)(=O)=O)cc1.[NaH]. The van der Waals surface area contributed by atoms with E-state index in [2.05, 4.69) is 11.9 Å². The van der Waals surface area contributed by atoms with Crippen LogP contribution in [0.15, 0.2) is 41.8 Å². The Morgan fingerprint density at radius 3 is 2.27 bits per heavy atom. The molecule has 0 radical (unpaired) electrons. The normalized spacial score (nSPS) is 10.2. The van der Waals surface area contributed by atoms with Crippen molar-refractivity contribution in [3.63, 3.8) is 0 Å². The van der Waals surface area contributed by atoms with Gasteiger partial charge in [0.25, 0.3) is 0 Å². The van der Waals surface area contributed by atoms with Crippen LogP contribution in [-0.2, 0) is 10.0 Å². The molecule has 0 saturated heterocycles. The van der Waals surface area contributed by atoms with Crippen molar-refractivity contribution in [3.05, 3.63) is 36.9 Å². The summed E-state index contributed by atoms with van der Waals surface area (Å²) in [6, 6.07) is 6.23. The van der Waals surface area contributed by atoms with Gasteiger partial charge < -0.3 is 5.32 Å². The summed E-state index contributed by atoms with van der Waals surface area (Å²) >= 11 is 0. The van der Waals surface area contributed by atoms with Crippen molar-refractivity contribution in [1.29, 1.82) is 0 Å². The summed E-state index contributed by atoms with van der Waals surface area (Å²) in [5, 5.41) is 7.96. The Hall–Kier alpha value is -0.330. The van der Waals surface area contributed by atoms with E-state index in [1.807, 2.05) is 0 Å². The number of primary sulfonamides is 1. The molecule has 0 saturated carbocycles. The summed E-state index contributed by atoms with van der Waals surface area (Å²) in [6.07, 6.45) is 1.72. The van der Waals surface area contributed by atoms with Crippen LogP contribution in [-0.4, -0.2) is 44.5 Å². The molecule has 78 valence electrons. The molecule has 1 aromatic carbocycles. The molecule has 1 aromatic rings. The van der Waals surface area contributed by atoms with Gasteiger partial charge in [-0.05, 0) is 24.3 Å². The number of rotatable bonds is 4. The standard InChI is InChI=1S/C9H12N2O2S.Na.H/c1-2-7-11-8-3-5-9(6-4-8)14(10,12)13;;/h2-6,11H,1,7H2,(H2,10,12,13);;. The second-order valence-electron chi connectivity index (χ2n) is 2.74.